The summed E-state index contributed by atoms with van der Waals surface area (Å²) in [6.45, 7) is 6.03. The lowest BCUT2D eigenvalue weighted by atomic mass is 9.69. The molecule has 27 heavy (non-hydrogen) atoms. The third-order valence-electron chi connectivity index (χ3n) is 6.15. The highest BCUT2D eigenvalue weighted by atomic mass is 32.2. The molecule has 1 N–H and O–H groups in total. The molecule has 0 radical (unpaired) electrons. The quantitative estimate of drug-likeness (QED) is 0.798. The zero-order valence-corrected chi connectivity index (χ0v) is 17.3. The lowest BCUT2D eigenvalue weighted by Crippen LogP contribution is -2.42. The summed E-state index contributed by atoms with van der Waals surface area (Å²) in [6.07, 6.45) is 2.52. The Balaban J connectivity index is 2.28. The van der Waals surface area contributed by atoms with E-state index < -0.39 is 21.4 Å². The van der Waals surface area contributed by atoms with E-state index in [-0.39, 0.29) is 11.7 Å². The zero-order chi connectivity index (χ0) is 19.7. The van der Waals surface area contributed by atoms with Crippen LogP contribution in [0.2, 0.25) is 0 Å². The van der Waals surface area contributed by atoms with E-state index in [1.165, 1.54) is 0 Å². The van der Waals surface area contributed by atoms with Crippen LogP contribution in [0.5, 0.6) is 0 Å². The van der Waals surface area contributed by atoms with Gasteiger partial charge in [0.1, 0.15) is 0 Å². The number of rotatable bonds is 5. The number of sulfone groups is 1. The standard InChI is InChI=1S/C23H30O3S/c1-4-6-14-23(5-2)16-27(25,26)20-15-17(3)12-13-19(20)21(22(23)24)18-10-8-7-9-11-18/h7-13,15,21-22,24H,4-6,14,16H2,1-3H3/t21-,22-,23+/m1/s1. The highest BCUT2D eigenvalue weighted by molar-refractivity contribution is 7.91. The fourth-order valence-electron chi connectivity index (χ4n) is 4.49. The third kappa shape index (κ3) is 3.70. The molecule has 3 atom stereocenters. The lowest BCUT2D eigenvalue weighted by Gasteiger charge is -2.39. The summed E-state index contributed by atoms with van der Waals surface area (Å²) in [6, 6.07) is 15.5. The van der Waals surface area contributed by atoms with E-state index in [1.807, 2.05) is 56.3 Å². The largest absolute Gasteiger partial charge is 0.392 e. The van der Waals surface area contributed by atoms with Crippen molar-refractivity contribution in [3.63, 3.8) is 0 Å². The average Bonchev–Trinajstić information content (AvgIpc) is 2.73. The maximum absolute atomic E-state index is 13.4. The minimum atomic E-state index is -3.48. The molecule has 0 aromatic heterocycles. The smallest absolute Gasteiger partial charge is 0.179 e. The summed E-state index contributed by atoms with van der Waals surface area (Å²) in [5, 5.41) is 11.6. The van der Waals surface area contributed by atoms with Crippen LogP contribution in [0, 0.1) is 12.3 Å². The van der Waals surface area contributed by atoms with Gasteiger partial charge in [-0.1, -0.05) is 69.2 Å². The molecular formula is C23H30O3S. The van der Waals surface area contributed by atoms with Gasteiger partial charge in [-0.2, -0.15) is 0 Å². The van der Waals surface area contributed by atoms with Crippen molar-refractivity contribution < 1.29 is 13.5 Å². The van der Waals surface area contributed by atoms with Crippen molar-refractivity contribution in [2.24, 2.45) is 5.41 Å². The predicted octanol–water partition coefficient (Wildman–Crippen LogP) is 4.86. The van der Waals surface area contributed by atoms with Gasteiger partial charge in [-0.3, -0.25) is 0 Å². The first-order chi connectivity index (χ1) is 12.8. The number of aliphatic hydroxyl groups is 1. The molecule has 0 unspecified atom stereocenters. The lowest BCUT2D eigenvalue weighted by molar-refractivity contribution is 0.0174. The maximum atomic E-state index is 13.4. The Morgan fingerprint density at radius 1 is 1.11 bits per heavy atom. The highest BCUT2D eigenvalue weighted by Gasteiger charge is 2.48. The van der Waals surface area contributed by atoms with Crippen LogP contribution in [0.25, 0.3) is 0 Å². The minimum absolute atomic E-state index is 0.0114. The molecule has 0 amide bonds. The second kappa shape index (κ2) is 7.76. The molecule has 3 rings (SSSR count). The van der Waals surface area contributed by atoms with E-state index in [0.29, 0.717) is 11.3 Å². The van der Waals surface area contributed by atoms with Crippen LogP contribution in [-0.4, -0.2) is 25.4 Å². The first kappa shape index (κ1) is 20.1. The summed E-state index contributed by atoms with van der Waals surface area (Å²) < 4.78 is 26.8. The summed E-state index contributed by atoms with van der Waals surface area (Å²) in [4.78, 5) is 0.391. The molecule has 146 valence electrons. The van der Waals surface area contributed by atoms with E-state index in [2.05, 4.69) is 6.92 Å². The van der Waals surface area contributed by atoms with Gasteiger partial charge >= 0.3 is 0 Å². The van der Waals surface area contributed by atoms with E-state index in [9.17, 15) is 13.5 Å². The molecular weight excluding hydrogens is 356 g/mol. The Bertz CT molecular complexity index is 889. The van der Waals surface area contributed by atoms with E-state index in [0.717, 1.165) is 36.0 Å². The molecule has 2 aromatic carbocycles. The van der Waals surface area contributed by atoms with Crippen LogP contribution in [0.1, 0.15) is 62.1 Å². The van der Waals surface area contributed by atoms with E-state index in [4.69, 9.17) is 0 Å². The molecule has 0 fully saturated rings. The average molecular weight is 387 g/mol. The second-order valence-electron chi connectivity index (χ2n) is 7.95. The van der Waals surface area contributed by atoms with Crippen molar-refractivity contribution in [2.75, 3.05) is 5.75 Å². The van der Waals surface area contributed by atoms with Gasteiger partial charge in [0.25, 0.3) is 0 Å². The van der Waals surface area contributed by atoms with Crippen LogP contribution in [0.15, 0.2) is 53.4 Å². The number of aryl methyl sites for hydroxylation is 1. The first-order valence-corrected chi connectivity index (χ1v) is 11.6. The minimum Gasteiger partial charge on any atom is -0.392 e. The molecule has 3 nitrogen and oxygen atoms in total. The highest BCUT2D eigenvalue weighted by Crippen LogP contribution is 2.48. The Morgan fingerprint density at radius 3 is 2.44 bits per heavy atom. The molecule has 1 aliphatic rings. The van der Waals surface area contributed by atoms with Gasteiger partial charge in [0.2, 0.25) is 0 Å². The predicted molar refractivity (Wildman–Crippen MR) is 110 cm³/mol. The second-order valence-corrected chi connectivity index (χ2v) is 9.91. The molecule has 0 bridgehead atoms. The maximum Gasteiger partial charge on any atom is 0.179 e. The fraction of sp³-hybridized carbons (Fsp3) is 0.478. The first-order valence-electron chi connectivity index (χ1n) is 9.91. The summed E-state index contributed by atoms with van der Waals surface area (Å²) in [7, 11) is -3.48. The van der Waals surface area contributed by atoms with Crippen LogP contribution < -0.4 is 0 Å². The molecule has 0 aliphatic carbocycles. The van der Waals surface area contributed by atoms with Crippen molar-refractivity contribution in [1.82, 2.24) is 0 Å². The summed E-state index contributed by atoms with van der Waals surface area (Å²) in [5.74, 6) is -0.326. The normalized spacial score (nSPS) is 27.0. The van der Waals surface area contributed by atoms with Gasteiger partial charge in [-0.25, -0.2) is 8.42 Å². The molecule has 0 spiro atoms. The van der Waals surface area contributed by atoms with Gasteiger partial charge in [0.15, 0.2) is 9.84 Å². The van der Waals surface area contributed by atoms with Crippen molar-refractivity contribution in [3.05, 3.63) is 65.2 Å². The van der Waals surface area contributed by atoms with Gasteiger partial charge in [0, 0.05) is 11.3 Å². The van der Waals surface area contributed by atoms with Crippen molar-refractivity contribution in [2.45, 2.75) is 63.4 Å². The fourth-order valence-corrected chi connectivity index (χ4v) is 6.84. The number of hydrogen-bond donors (Lipinski definition) is 1. The topological polar surface area (TPSA) is 54.4 Å². The molecule has 1 aliphatic heterocycles. The molecule has 2 aromatic rings. The monoisotopic (exact) mass is 386 g/mol. The van der Waals surface area contributed by atoms with Gasteiger partial charge in [-0.05, 0) is 42.5 Å². The van der Waals surface area contributed by atoms with Crippen molar-refractivity contribution in [1.29, 1.82) is 0 Å². The number of hydrogen-bond acceptors (Lipinski definition) is 3. The SMILES string of the molecule is CCCC[C@@]1(CC)CS(=O)(=O)c2cc(C)ccc2[C@@H](c2ccccc2)[C@H]1O. The van der Waals surface area contributed by atoms with Crippen molar-refractivity contribution >= 4 is 9.84 Å². The molecule has 0 saturated heterocycles. The number of fused-ring (bicyclic) bond motifs is 1. The number of benzene rings is 2. The molecule has 1 heterocycles. The van der Waals surface area contributed by atoms with Crippen LogP contribution in [0.3, 0.4) is 0 Å². The summed E-state index contributed by atoms with van der Waals surface area (Å²) in [5.41, 5.74) is 1.99. The van der Waals surface area contributed by atoms with Crippen LogP contribution >= 0.6 is 0 Å². The molecule has 0 saturated carbocycles. The van der Waals surface area contributed by atoms with Gasteiger partial charge < -0.3 is 5.11 Å². The number of unbranched alkanes of at least 4 members (excludes halogenated alkanes) is 1. The van der Waals surface area contributed by atoms with Crippen molar-refractivity contribution in [3.8, 4) is 0 Å². The Kier molecular flexibility index (Phi) is 5.78. The van der Waals surface area contributed by atoms with E-state index in [1.54, 1.807) is 6.07 Å². The van der Waals surface area contributed by atoms with Gasteiger partial charge in [0.05, 0.1) is 16.8 Å². The van der Waals surface area contributed by atoms with Crippen LogP contribution in [0.4, 0.5) is 0 Å². The summed E-state index contributed by atoms with van der Waals surface area (Å²) >= 11 is 0. The van der Waals surface area contributed by atoms with Gasteiger partial charge in [-0.15, -0.1) is 0 Å². The van der Waals surface area contributed by atoms with E-state index >= 15 is 0 Å². The third-order valence-corrected chi connectivity index (χ3v) is 8.13. The molecule has 4 heteroatoms. The van der Waals surface area contributed by atoms with Crippen LogP contribution in [-0.2, 0) is 9.84 Å². The Hall–Kier alpha value is -1.65. The zero-order valence-electron chi connectivity index (χ0n) is 16.5. The Morgan fingerprint density at radius 2 is 1.81 bits per heavy atom. The number of aliphatic hydroxyl groups excluding tert-OH is 1. The Labute approximate surface area is 163 Å².